The van der Waals surface area contributed by atoms with Crippen molar-refractivity contribution in [3.63, 3.8) is 0 Å². The van der Waals surface area contributed by atoms with Crippen LogP contribution in [0.1, 0.15) is 58.2 Å². The van der Waals surface area contributed by atoms with Gasteiger partial charge in [0.25, 0.3) is 0 Å². The van der Waals surface area contributed by atoms with Crippen LogP contribution >= 0.6 is 0 Å². The zero-order valence-electron chi connectivity index (χ0n) is 17.3. The second kappa shape index (κ2) is 7.70. The van der Waals surface area contributed by atoms with Crippen LogP contribution in [0.2, 0.25) is 0 Å². The lowest BCUT2D eigenvalue weighted by Crippen LogP contribution is -2.45. The van der Waals surface area contributed by atoms with Gasteiger partial charge in [0.1, 0.15) is 17.2 Å². The molecule has 9 heteroatoms. The molecular formula is C21H26FN5O2S. The van der Waals surface area contributed by atoms with Crippen LogP contribution in [-0.2, 0) is 10.0 Å². The van der Waals surface area contributed by atoms with E-state index in [2.05, 4.69) is 24.7 Å². The van der Waals surface area contributed by atoms with Gasteiger partial charge in [-0.3, -0.25) is 0 Å². The van der Waals surface area contributed by atoms with Gasteiger partial charge in [0, 0.05) is 17.5 Å². The molecule has 7 nitrogen and oxygen atoms in total. The van der Waals surface area contributed by atoms with E-state index in [0.29, 0.717) is 11.5 Å². The maximum absolute atomic E-state index is 13.1. The quantitative estimate of drug-likeness (QED) is 0.652. The standard InChI is InChI=1S/C21H26FN5O2S/c1-21(2,3)30(28,29)27-16-10-6-14(7-11-16)19-24-17-12-23-18(25-20(17)26-19)13-4-8-15(22)9-5-13/h4-5,8-9,12,14,16,27H,6-7,10-11H2,1-3H3,(H,23,24,25,26). The van der Waals surface area contributed by atoms with Crippen LogP contribution in [0.4, 0.5) is 4.39 Å². The summed E-state index contributed by atoms with van der Waals surface area (Å²) < 4.78 is 40.0. The van der Waals surface area contributed by atoms with E-state index in [0.717, 1.165) is 42.6 Å². The van der Waals surface area contributed by atoms with E-state index in [-0.39, 0.29) is 17.8 Å². The van der Waals surface area contributed by atoms with E-state index in [9.17, 15) is 12.8 Å². The number of aromatic nitrogens is 4. The van der Waals surface area contributed by atoms with Crippen molar-refractivity contribution in [2.24, 2.45) is 0 Å². The van der Waals surface area contributed by atoms with Crippen molar-refractivity contribution >= 4 is 21.2 Å². The van der Waals surface area contributed by atoms with Crippen molar-refractivity contribution in [3.8, 4) is 11.4 Å². The Labute approximate surface area is 175 Å². The number of aromatic amines is 1. The first-order chi connectivity index (χ1) is 14.1. The largest absolute Gasteiger partial charge is 0.339 e. The van der Waals surface area contributed by atoms with Gasteiger partial charge < -0.3 is 4.98 Å². The number of sulfonamides is 1. The van der Waals surface area contributed by atoms with Crippen molar-refractivity contribution in [1.82, 2.24) is 24.7 Å². The first-order valence-electron chi connectivity index (χ1n) is 10.1. The smallest absolute Gasteiger partial charge is 0.216 e. The summed E-state index contributed by atoms with van der Waals surface area (Å²) >= 11 is 0. The van der Waals surface area contributed by atoms with E-state index in [1.165, 1.54) is 12.1 Å². The van der Waals surface area contributed by atoms with Gasteiger partial charge in [-0.2, -0.15) is 0 Å². The van der Waals surface area contributed by atoms with Crippen molar-refractivity contribution in [1.29, 1.82) is 0 Å². The molecule has 1 aliphatic carbocycles. The third kappa shape index (κ3) is 4.22. The Balaban J connectivity index is 1.46. The first-order valence-corrected chi connectivity index (χ1v) is 11.6. The SMILES string of the molecule is CC(C)(C)S(=O)(=O)NC1CCC(c2nc3nc(-c4ccc(F)cc4)ncc3[nH]2)CC1. The number of fused-ring (bicyclic) bond motifs is 1. The second-order valence-electron chi connectivity index (χ2n) is 8.84. The van der Waals surface area contributed by atoms with Gasteiger partial charge in [0.2, 0.25) is 10.0 Å². The van der Waals surface area contributed by atoms with Crippen LogP contribution < -0.4 is 4.72 Å². The maximum atomic E-state index is 13.1. The minimum absolute atomic E-state index is 0.0419. The van der Waals surface area contributed by atoms with Crippen molar-refractivity contribution in [2.75, 3.05) is 0 Å². The fourth-order valence-electron chi connectivity index (χ4n) is 3.64. The van der Waals surface area contributed by atoms with E-state index in [1.807, 2.05) is 0 Å². The predicted molar refractivity (Wildman–Crippen MR) is 114 cm³/mol. The molecule has 160 valence electrons. The molecule has 2 heterocycles. The Morgan fingerprint density at radius 3 is 2.37 bits per heavy atom. The number of rotatable bonds is 4. The minimum atomic E-state index is -3.35. The molecule has 0 atom stereocenters. The maximum Gasteiger partial charge on any atom is 0.216 e. The van der Waals surface area contributed by atoms with Gasteiger partial charge in [0.15, 0.2) is 11.5 Å². The van der Waals surface area contributed by atoms with E-state index in [1.54, 1.807) is 39.1 Å². The molecule has 30 heavy (non-hydrogen) atoms. The number of halogens is 1. The second-order valence-corrected chi connectivity index (χ2v) is 11.3. The van der Waals surface area contributed by atoms with E-state index in [4.69, 9.17) is 0 Å². The number of benzene rings is 1. The highest BCUT2D eigenvalue weighted by molar-refractivity contribution is 7.90. The minimum Gasteiger partial charge on any atom is -0.339 e. The highest BCUT2D eigenvalue weighted by Crippen LogP contribution is 2.33. The fraction of sp³-hybridized carbons (Fsp3) is 0.476. The zero-order chi connectivity index (χ0) is 21.5. The summed E-state index contributed by atoms with van der Waals surface area (Å²) in [6.07, 6.45) is 4.92. The molecule has 1 aromatic carbocycles. The van der Waals surface area contributed by atoms with Crippen molar-refractivity contribution in [3.05, 3.63) is 42.1 Å². The van der Waals surface area contributed by atoms with Gasteiger partial charge in [-0.15, -0.1) is 0 Å². The average Bonchev–Trinajstić information content (AvgIpc) is 3.11. The molecule has 0 aliphatic heterocycles. The molecule has 3 aromatic rings. The predicted octanol–water partition coefficient (Wildman–Crippen LogP) is 3.90. The zero-order valence-corrected chi connectivity index (χ0v) is 18.1. The normalized spacial score (nSPS) is 20.5. The summed E-state index contributed by atoms with van der Waals surface area (Å²) in [4.78, 5) is 16.8. The molecule has 1 saturated carbocycles. The molecule has 0 amide bonds. The summed E-state index contributed by atoms with van der Waals surface area (Å²) in [6, 6.07) is 6.00. The Hall–Kier alpha value is -2.39. The lowest BCUT2D eigenvalue weighted by atomic mass is 9.86. The number of nitrogens with zero attached hydrogens (tertiary/aromatic N) is 3. The summed E-state index contributed by atoms with van der Waals surface area (Å²) in [7, 11) is -3.35. The van der Waals surface area contributed by atoms with Gasteiger partial charge in [0.05, 0.1) is 10.9 Å². The summed E-state index contributed by atoms with van der Waals surface area (Å²) in [5, 5.41) is 0. The molecule has 2 aromatic heterocycles. The number of hydrogen-bond donors (Lipinski definition) is 2. The topological polar surface area (TPSA) is 101 Å². The van der Waals surface area contributed by atoms with Gasteiger partial charge >= 0.3 is 0 Å². The highest BCUT2D eigenvalue weighted by atomic mass is 32.2. The third-order valence-corrected chi connectivity index (χ3v) is 7.86. The van der Waals surface area contributed by atoms with Crippen LogP contribution in [0.25, 0.3) is 22.6 Å². The van der Waals surface area contributed by atoms with E-state index >= 15 is 0 Å². The van der Waals surface area contributed by atoms with Crippen LogP contribution in [0.15, 0.2) is 30.5 Å². The Bertz CT molecular complexity index is 1140. The summed E-state index contributed by atoms with van der Waals surface area (Å²) in [5.41, 5.74) is 2.07. The summed E-state index contributed by atoms with van der Waals surface area (Å²) in [6.45, 7) is 5.11. The summed E-state index contributed by atoms with van der Waals surface area (Å²) in [5.74, 6) is 1.28. The lowest BCUT2D eigenvalue weighted by Gasteiger charge is -2.30. The number of imidazole rings is 1. The van der Waals surface area contributed by atoms with Crippen LogP contribution in [0, 0.1) is 5.82 Å². The first kappa shape index (κ1) is 20.9. The van der Waals surface area contributed by atoms with Crippen LogP contribution in [0.3, 0.4) is 0 Å². The molecule has 1 fully saturated rings. The number of H-pyrrole nitrogens is 1. The Kier molecular flexibility index (Phi) is 5.36. The monoisotopic (exact) mass is 431 g/mol. The fourth-order valence-corrected chi connectivity index (χ4v) is 4.67. The number of nitrogens with one attached hydrogen (secondary N) is 2. The highest BCUT2D eigenvalue weighted by Gasteiger charge is 2.33. The molecule has 2 N–H and O–H groups in total. The van der Waals surface area contributed by atoms with Gasteiger partial charge in [-0.25, -0.2) is 32.5 Å². The number of hydrogen-bond acceptors (Lipinski definition) is 5. The van der Waals surface area contributed by atoms with E-state index < -0.39 is 14.8 Å². The molecule has 0 bridgehead atoms. The molecular weight excluding hydrogens is 405 g/mol. The van der Waals surface area contributed by atoms with Crippen LogP contribution in [-0.4, -0.2) is 39.1 Å². The van der Waals surface area contributed by atoms with Crippen LogP contribution in [0.5, 0.6) is 0 Å². The molecule has 0 radical (unpaired) electrons. The van der Waals surface area contributed by atoms with Crippen molar-refractivity contribution < 1.29 is 12.8 Å². The lowest BCUT2D eigenvalue weighted by molar-refractivity contribution is 0.364. The molecule has 1 aliphatic rings. The Morgan fingerprint density at radius 1 is 1.07 bits per heavy atom. The molecule has 0 spiro atoms. The van der Waals surface area contributed by atoms with Crippen molar-refractivity contribution in [2.45, 2.75) is 63.2 Å². The molecule has 0 saturated heterocycles. The van der Waals surface area contributed by atoms with Gasteiger partial charge in [-0.1, -0.05) is 0 Å². The average molecular weight is 432 g/mol. The molecule has 0 unspecified atom stereocenters. The van der Waals surface area contributed by atoms with Gasteiger partial charge in [-0.05, 0) is 70.7 Å². The third-order valence-electron chi connectivity index (χ3n) is 5.60. The Morgan fingerprint density at radius 2 is 1.73 bits per heavy atom. The molecule has 4 rings (SSSR count).